The van der Waals surface area contributed by atoms with Crippen molar-refractivity contribution in [1.82, 2.24) is 4.98 Å². The van der Waals surface area contributed by atoms with E-state index in [0.717, 1.165) is 0 Å². The van der Waals surface area contributed by atoms with Crippen LogP contribution in [0.15, 0.2) is 30.3 Å². The average molecular weight is 274 g/mol. The molecule has 1 aromatic carbocycles. The van der Waals surface area contributed by atoms with E-state index >= 15 is 0 Å². The van der Waals surface area contributed by atoms with Crippen LogP contribution in [-0.2, 0) is 6.61 Å². The maximum absolute atomic E-state index is 13.2. The topological polar surface area (TPSA) is 22.1 Å². The molecule has 2 aromatic rings. The molecule has 6 heteroatoms. The quantitative estimate of drug-likeness (QED) is 0.795. The Hall–Kier alpha value is -1.75. The summed E-state index contributed by atoms with van der Waals surface area (Å²) in [6.45, 7) is -0.0461. The largest absolute Gasteiger partial charge is 0.471 e. The molecular formula is C12H7ClF3NO. The van der Waals surface area contributed by atoms with Crippen LogP contribution in [0, 0.1) is 17.6 Å². The van der Waals surface area contributed by atoms with Gasteiger partial charge in [-0.3, -0.25) is 0 Å². The highest BCUT2D eigenvalue weighted by Gasteiger charge is 2.12. The first-order chi connectivity index (χ1) is 8.56. The Balaban J connectivity index is 2.13. The second-order valence-corrected chi connectivity index (χ2v) is 3.90. The third kappa shape index (κ3) is 2.92. The third-order valence-corrected chi connectivity index (χ3v) is 2.35. The fourth-order valence-corrected chi connectivity index (χ4v) is 1.52. The lowest BCUT2D eigenvalue weighted by atomic mass is 10.2. The van der Waals surface area contributed by atoms with Crippen LogP contribution in [0.4, 0.5) is 13.2 Å². The van der Waals surface area contributed by atoms with Gasteiger partial charge in [0.15, 0.2) is 11.6 Å². The number of pyridine rings is 1. The summed E-state index contributed by atoms with van der Waals surface area (Å²) < 4.78 is 43.6. The van der Waals surface area contributed by atoms with E-state index in [9.17, 15) is 13.2 Å². The minimum Gasteiger partial charge on any atom is -0.471 e. The lowest BCUT2D eigenvalue weighted by molar-refractivity contribution is 0.268. The van der Waals surface area contributed by atoms with E-state index in [0.29, 0.717) is 16.7 Å². The molecule has 94 valence electrons. The molecule has 0 unspecified atom stereocenters. The molecule has 0 spiro atoms. The van der Waals surface area contributed by atoms with E-state index in [1.807, 2.05) is 0 Å². The van der Waals surface area contributed by atoms with Crippen molar-refractivity contribution < 1.29 is 17.9 Å². The van der Waals surface area contributed by atoms with Gasteiger partial charge in [-0.05, 0) is 17.7 Å². The highest BCUT2D eigenvalue weighted by atomic mass is 35.5. The molecule has 18 heavy (non-hydrogen) atoms. The molecule has 0 aliphatic carbocycles. The molecule has 0 radical (unpaired) electrons. The van der Waals surface area contributed by atoms with Crippen molar-refractivity contribution in [2.75, 3.05) is 0 Å². The van der Waals surface area contributed by atoms with Gasteiger partial charge in [0.1, 0.15) is 6.61 Å². The second kappa shape index (κ2) is 5.27. The summed E-state index contributed by atoms with van der Waals surface area (Å²) in [5.74, 6) is -4.41. The highest BCUT2D eigenvalue weighted by molar-refractivity contribution is 6.30. The van der Waals surface area contributed by atoms with E-state index in [-0.39, 0.29) is 6.61 Å². The van der Waals surface area contributed by atoms with E-state index in [1.165, 1.54) is 0 Å². The second-order valence-electron chi connectivity index (χ2n) is 3.47. The van der Waals surface area contributed by atoms with Crippen molar-refractivity contribution in [2.45, 2.75) is 6.61 Å². The van der Waals surface area contributed by atoms with Gasteiger partial charge in [0.25, 0.3) is 11.8 Å². The van der Waals surface area contributed by atoms with Gasteiger partial charge in [0.2, 0.25) is 0 Å². The number of hydrogen-bond donors (Lipinski definition) is 0. The lowest BCUT2D eigenvalue weighted by Crippen LogP contribution is -2.02. The SMILES string of the molecule is Fc1cc(F)c(OCc2cccc(Cl)c2)nc1F. The zero-order chi connectivity index (χ0) is 13.1. The summed E-state index contributed by atoms with van der Waals surface area (Å²) in [6.07, 6.45) is 0. The molecule has 0 N–H and O–H groups in total. The summed E-state index contributed by atoms with van der Waals surface area (Å²) in [7, 11) is 0. The number of aromatic nitrogens is 1. The van der Waals surface area contributed by atoms with Gasteiger partial charge >= 0.3 is 0 Å². The zero-order valence-corrected chi connectivity index (χ0v) is 9.72. The molecule has 0 aliphatic heterocycles. The van der Waals surface area contributed by atoms with Gasteiger partial charge in [-0.15, -0.1) is 0 Å². The van der Waals surface area contributed by atoms with Gasteiger partial charge in [0, 0.05) is 11.1 Å². The van der Waals surface area contributed by atoms with Gasteiger partial charge in [0.05, 0.1) is 0 Å². The van der Waals surface area contributed by atoms with Crippen LogP contribution < -0.4 is 4.74 Å². The van der Waals surface area contributed by atoms with Crippen LogP contribution in [0.25, 0.3) is 0 Å². The van der Waals surface area contributed by atoms with Crippen LogP contribution in [-0.4, -0.2) is 4.98 Å². The predicted molar refractivity (Wildman–Crippen MR) is 59.9 cm³/mol. The van der Waals surface area contributed by atoms with E-state index in [1.54, 1.807) is 24.3 Å². The van der Waals surface area contributed by atoms with Crippen LogP contribution in [0.2, 0.25) is 5.02 Å². The van der Waals surface area contributed by atoms with Crippen molar-refractivity contribution in [2.24, 2.45) is 0 Å². The Labute approximate surface area is 106 Å². The Kier molecular flexibility index (Phi) is 3.72. The van der Waals surface area contributed by atoms with E-state index in [2.05, 4.69) is 4.98 Å². The monoisotopic (exact) mass is 273 g/mol. The molecule has 0 saturated heterocycles. The van der Waals surface area contributed by atoms with Crippen LogP contribution >= 0.6 is 11.6 Å². The Morgan fingerprint density at radius 2 is 1.89 bits per heavy atom. The third-order valence-electron chi connectivity index (χ3n) is 2.12. The fraction of sp³-hybridized carbons (Fsp3) is 0.0833. The Morgan fingerprint density at radius 3 is 2.61 bits per heavy atom. The van der Waals surface area contributed by atoms with Crippen LogP contribution in [0.3, 0.4) is 0 Å². The fourth-order valence-electron chi connectivity index (χ4n) is 1.31. The van der Waals surface area contributed by atoms with Crippen molar-refractivity contribution in [1.29, 1.82) is 0 Å². The minimum absolute atomic E-state index is 0.0461. The molecule has 0 aliphatic rings. The normalized spacial score (nSPS) is 10.4. The molecular weight excluding hydrogens is 267 g/mol. The molecule has 0 saturated carbocycles. The Bertz CT molecular complexity index is 577. The molecule has 2 rings (SSSR count). The molecule has 0 bridgehead atoms. The van der Waals surface area contributed by atoms with Crippen LogP contribution in [0.5, 0.6) is 5.88 Å². The molecule has 0 amide bonds. The first-order valence-electron chi connectivity index (χ1n) is 4.95. The van der Waals surface area contributed by atoms with Crippen molar-refractivity contribution >= 4 is 11.6 Å². The summed E-state index contributed by atoms with van der Waals surface area (Å²) in [6, 6.07) is 7.05. The summed E-state index contributed by atoms with van der Waals surface area (Å²) >= 11 is 5.75. The smallest absolute Gasteiger partial charge is 0.253 e. The number of rotatable bonds is 3. The van der Waals surface area contributed by atoms with Crippen molar-refractivity contribution in [3.63, 3.8) is 0 Å². The maximum atomic E-state index is 13.2. The predicted octanol–water partition coefficient (Wildman–Crippen LogP) is 3.73. The molecule has 0 atom stereocenters. The Morgan fingerprint density at radius 1 is 1.11 bits per heavy atom. The number of ether oxygens (including phenoxy) is 1. The molecule has 0 fully saturated rings. The summed E-state index contributed by atoms with van der Waals surface area (Å²) in [5, 5.41) is 0.495. The van der Waals surface area contributed by atoms with Crippen LogP contribution in [0.1, 0.15) is 5.56 Å². The highest BCUT2D eigenvalue weighted by Crippen LogP contribution is 2.18. The summed E-state index contributed by atoms with van der Waals surface area (Å²) in [5.41, 5.74) is 0.661. The number of hydrogen-bond acceptors (Lipinski definition) is 2. The van der Waals surface area contributed by atoms with Gasteiger partial charge in [-0.25, -0.2) is 8.78 Å². The first-order valence-corrected chi connectivity index (χ1v) is 5.33. The van der Waals surface area contributed by atoms with E-state index in [4.69, 9.17) is 16.3 Å². The first kappa shape index (κ1) is 12.7. The molecule has 1 heterocycles. The molecule has 1 aromatic heterocycles. The standard InChI is InChI=1S/C12H7ClF3NO/c13-8-3-1-2-7(4-8)6-18-12-10(15)5-9(14)11(16)17-12/h1-5H,6H2. The van der Waals surface area contributed by atoms with Gasteiger partial charge < -0.3 is 4.74 Å². The number of nitrogens with zero attached hydrogens (tertiary/aromatic N) is 1. The average Bonchev–Trinajstić information content (AvgIpc) is 2.32. The minimum atomic E-state index is -1.41. The van der Waals surface area contributed by atoms with E-state index < -0.39 is 23.5 Å². The lowest BCUT2D eigenvalue weighted by Gasteiger charge is -2.06. The number of halogens is 4. The van der Waals surface area contributed by atoms with Gasteiger partial charge in [-0.1, -0.05) is 23.7 Å². The summed E-state index contributed by atoms with van der Waals surface area (Å²) in [4.78, 5) is 3.04. The maximum Gasteiger partial charge on any atom is 0.253 e. The van der Waals surface area contributed by atoms with Crippen molar-refractivity contribution in [3.8, 4) is 5.88 Å². The number of benzene rings is 1. The molecule has 2 nitrogen and oxygen atoms in total. The van der Waals surface area contributed by atoms with Gasteiger partial charge in [-0.2, -0.15) is 9.37 Å². The van der Waals surface area contributed by atoms with Crippen molar-refractivity contribution in [3.05, 3.63) is 58.5 Å². The zero-order valence-electron chi connectivity index (χ0n) is 8.96.